The van der Waals surface area contributed by atoms with Crippen LogP contribution in [0, 0.1) is 0 Å². The van der Waals surface area contributed by atoms with Crippen LogP contribution in [0.25, 0.3) is 10.9 Å². The van der Waals surface area contributed by atoms with Crippen molar-refractivity contribution in [3.63, 3.8) is 0 Å². The SMILES string of the molecule is CSC1(CN)CCN(Cc2ccnc3ccccc23)CC1. The first kappa shape index (κ1) is 14.8. The molecule has 1 aromatic carbocycles. The van der Waals surface area contributed by atoms with Crippen LogP contribution in [0.1, 0.15) is 18.4 Å². The molecule has 2 heterocycles. The topological polar surface area (TPSA) is 42.1 Å². The average molecular weight is 301 g/mol. The fraction of sp³-hybridized carbons (Fsp3) is 0.471. The van der Waals surface area contributed by atoms with Crippen molar-refractivity contribution in [1.29, 1.82) is 0 Å². The van der Waals surface area contributed by atoms with Crippen LogP contribution in [0.4, 0.5) is 0 Å². The third kappa shape index (κ3) is 3.07. The Bertz CT molecular complexity index is 595. The molecular formula is C17H23N3S. The average Bonchev–Trinajstić information content (AvgIpc) is 2.56. The Hall–Kier alpha value is -1.10. The Morgan fingerprint density at radius 1 is 1.24 bits per heavy atom. The lowest BCUT2D eigenvalue weighted by atomic mass is 9.95. The lowest BCUT2D eigenvalue weighted by Gasteiger charge is -2.40. The fourth-order valence-electron chi connectivity index (χ4n) is 3.14. The maximum Gasteiger partial charge on any atom is 0.0705 e. The van der Waals surface area contributed by atoms with Gasteiger partial charge in [-0.3, -0.25) is 9.88 Å². The molecule has 0 spiro atoms. The number of para-hydroxylation sites is 1. The maximum atomic E-state index is 5.97. The second-order valence-corrected chi connectivity index (χ2v) is 7.13. The summed E-state index contributed by atoms with van der Waals surface area (Å²) >= 11 is 1.94. The highest BCUT2D eigenvalue weighted by molar-refractivity contribution is 8.00. The third-order valence-corrected chi connectivity index (χ3v) is 6.15. The molecule has 1 aliphatic heterocycles. The number of likely N-dealkylation sites (tertiary alicyclic amines) is 1. The van der Waals surface area contributed by atoms with Gasteiger partial charge < -0.3 is 5.73 Å². The molecule has 0 aliphatic carbocycles. The van der Waals surface area contributed by atoms with E-state index in [4.69, 9.17) is 5.73 Å². The Kier molecular flexibility index (Phi) is 4.48. The van der Waals surface area contributed by atoms with Gasteiger partial charge in [-0.05, 0) is 49.9 Å². The van der Waals surface area contributed by atoms with E-state index in [0.717, 1.165) is 31.7 Å². The first-order valence-corrected chi connectivity index (χ1v) is 8.79. The Balaban J connectivity index is 1.73. The number of fused-ring (bicyclic) bond motifs is 1. The number of nitrogens with zero attached hydrogens (tertiary/aromatic N) is 2. The zero-order valence-corrected chi connectivity index (χ0v) is 13.4. The highest BCUT2D eigenvalue weighted by atomic mass is 32.2. The van der Waals surface area contributed by atoms with Crippen LogP contribution in [0.5, 0.6) is 0 Å². The van der Waals surface area contributed by atoms with Gasteiger partial charge in [0.2, 0.25) is 0 Å². The van der Waals surface area contributed by atoms with Gasteiger partial charge in [-0.1, -0.05) is 18.2 Å². The maximum absolute atomic E-state index is 5.97. The predicted molar refractivity (Wildman–Crippen MR) is 91.6 cm³/mol. The normalized spacial score (nSPS) is 19.0. The number of rotatable bonds is 4. The molecule has 2 aromatic rings. The molecule has 1 aliphatic rings. The van der Waals surface area contributed by atoms with Crippen LogP contribution < -0.4 is 5.73 Å². The number of hydrogen-bond donors (Lipinski definition) is 1. The summed E-state index contributed by atoms with van der Waals surface area (Å²) in [5.74, 6) is 0. The van der Waals surface area contributed by atoms with Crippen LogP contribution in [-0.4, -0.2) is 40.5 Å². The summed E-state index contributed by atoms with van der Waals surface area (Å²) in [5.41, 5.74) is 8.44. The minimum absolute atomic E-state index is 0.302. The first-order valence-electron chi connectivity index (χ1n) is 7.56. The number of nitrogens with two attached hydrogens (primary N) is 1. The molecule has 0 saturated carbocycles. The van der Waals surface area contributed by atoms with E-state index in [1.54, 1.807) is 0 Å². The molecule has 0 amide bonds. The summed E-state index contributed by atoms with van der Waals surface area (Å²) in [7, 11) is 0. The molecule has 21 heavy (non-hydrogen) atoms. The molecular weight excluding hydrogens is 278 g/mol. The van der Waals surface area contributed by atoms with E-state index < -0.39 is 0 Å². The Morgan fingerprint density at radius 2 is 2.00 bits per heavy atom. The zero-order chi connectivity index (χ0) is 14.7. The molecule has 1 aromatic heterocycles. The van der Waals surface area contributed by atoms with Crippen LogP contribution in [0.2, 0.25) is 0 Å². The van der Waals surface area contributed by atoms with Crippen LogP contribution >= 0.6 is 11.8 Å². The number of aromatic nitrogens is 1. The van der Waals surface area contributed by atoms with E-state index in [-0.39, 0.29) is 0 Å². The highest BCUT2D eigenvalue weighted by Crippen LogP contribution is 2.34. The van der Waals surface area contributed by atoms with Crippen molar-refractivity contribution in [2.45, 2.75) is 24.1 Å². The molecule has 0 unspecified atom stereocenters. The Labute approximate surface area is 130 Å². The van der Waals surface area contributed by atoms with Crippen molar-refractivity contribution in [2.75, 3.05) is 25.9 Å². The van der Waals surface area contributed by atoms with E-state index in [2.05, 4.69) is 40.4 Å². The fourth-order valence-corrected chi connectivity index (χ4v) is 3.90. The number of thioether (sulfide) groups is 1. The van der Waals surface area contributed by atoms with Gasteiger partial charge in [0.15, 0.2) is 0 Å². The van der Waals surface area contributed by atoms with E-state index in [9.17, 15) is 0 Å². The lowest BCUT2D eigenvalue weighted by Crippen LogP contribution is -2.46. The van der Waals surface area contributed by atoms with E-state index >= 15 is 0 Å². The first-order chi connectivity index (χ1) is 10.3. The second-order valence-electron chi connectivity index (χ2n) is 5.85. The van der Waals surface area contributed by atoms with Crippen molar-refractivity contribution in [3.8, 4) is 0 Å². The molecule has 0 radical (unpaired) electrons. The molecule has 4 heteroatoms. The van der Waals surface area contributed by atoms with Gasteiger partial charge in [-0.25, -0.2) is 0 Å². The van der Waals surface area contributed by atoms with Gasteiger partial charge in [0.05, 0.1) is 5.52 Å². The minimum Gasteiger partial charge on any atom is -0.329 e. The number of pyridine rings is 1. The summed E-state index contributed by atoms with van der Waals surface area (Å²) in [4.78, 5) is 6.99. The van der Waals surface area contributed by atoms with Gasteiger partial charge in [0, 0.05) is 29.4 Å². The van der Waals surface area contributed by atoms with Crippen LogP contribution in [-0.2, 0) is 6.54 Å². The van der Waals surface area contributed by atoms with Gasteiger partial charge >= 0.3 is 0 Å². The highest BCUT2D eigenvalue weighted by Gasteiger charge is 2.32. The van der Waals surface area contributed by atoms with Crippen molar-refractivity contribution in [2.24, 2.45) is 5.73 Å². The number of benzene rings is 1. The summed E-state index contributed by atoms with van der Waals surface area (Å²) in [6.45, 7) is 4.07. The molecule has 1 saturated heterocycles. The molecule has 1 fully saturated rings. The smallest absolute Gasteiger partial charge is 0.0705 e. The largest absolute Gasteiger partial charge is 0.329 e. The minimum atomic E-state index is 0.302. The lowest BCUT2D eigenvalue weighted by molar-refractivity contribution is 0.195. The molecule has 3 nitrogen and oxygen atoms in total. The summed E-state index contributed by atoms with van der Waals surface area (Å²) in [6.07, 6.45) is 6.49. The monoisotopic (exact) mass is 301 g/mol. The van der Waals surface area contributed by atoms with Crippen LogP contribution in [0.15, 0.2) is 36.5 Å². The quantitative estimate of drug-likeness (QED) is 0.943. The van der Waals surface area contributed by atoms with E-state index in [1.165, 1.54) is 23.8 Å². The van der Waals surface area contributed by atoms with Gasteiger partial charge in [0.1, 0.15) is 0 Å². The van der Waals surface area contributed by atoms with Crippen molar-refractivity contribution < 1.29 is 0 Å². The second kappa shape index (κ2) is 6.34. The Morgan fingerprint density at radius 3 is 2.71 bits per heavy atom. The molecule has 0 atom stereocenters. The standard InChI is InChI=1S/C17H23N3S/c1-21-17(13-18)7-10-20(11-8-17)12-14-6-9-19-16-5-3-2-4-15(14)16/h2-6,9H,7-8,10-13,18H2,1H3. The van der Waals surface area contributed by atoms with E-state index in [1.807, 2.05) is 24.0 Å². The number of hydrogen-bond acceptors (Lipinski definition) is 4. The van der Waals surface area contributed by atoms with Gasteiger partial charge in [-0.15, -0.1) is 0 Å². The van der Waals surface area contributed by atoms with Crippen molar-refractivity contribution in [3.05, 3.63) is 42.1 Å². The van der Waals surface area contributed by atoms with Gasteiger partial charge in [0.25, 0.3) is 0 Å². The zero-order valence-electron chi connectivity index (χ0n) is 12.6. The summed E-state index contributed by atoms with van der Waals surface area (Å²) in [6, 6.07) is 10.6. The molecule has 2 N–H and O–H groups in total. The van der Waals surface area contributed by atoms with E-state index in [0.29, 0.717) is 4.75 Å². The van der Waals surface area contributed by atoms with Gasteiger partial charge in [-0.2, -0.15) is 11.8 Å². The summed E-state index contributed by atoms with van der Waals surface area (Å²) < 4.78 is 0.302. The molecule has 0 bridgehead atoms. The van der Waals surface area contributed by atoms with Crippen LogP contribution in [0.3, 0.4) is 0 Å². The third-order valence-electron chi connectivity index (χ3n) is 4.71. The van der Waals surface area contributed by atoms with Crippen molar-refractivity contribution >= 4 is 22.7 Å². The van der Waals surface area contributed by atoms with Crippen molar-refractivity contribution in [1.82, 2.24) is 9.88 Å². The molecule has 112 valence electrons. The molecule has 3 rings (SSSR count). The summed E-state index contributed by atoms with van der Waals surface area (Å²) in [5, 5.41) is 1.28. The number of piperidine rings is 1. The predicted octanol–water partition coefficient (Wildman–Crippen LogP) is 2.89.